The molecule has 0 aliphatic carbocycles. The SMILES string of the molecule is N[C@@H]1C(=O)N(c2ccc(Cl)c(Cl)c2)[C@@H]1c1ccc(C(F)(F)F)cc1. The van der Waals surface area contributed by atoms with Crippen LogP contribution in [0.15, 0.2) is 42.5 Å². The molecule has 126 valence electrons. The van der Waals surface area contributed by atoms with E-state index < -0.39 is 23.8 Å². The molecule has 1 heterocycles. The van der Waals surface area contributed by atoms with Crippen molar-refractivity contribution in [2.45, 2.75) is 18.3 Å². The van der Waals surface area contributed by atoms with Gasteiger partial charge in [-0.2, -0.15) is 13.2 Å². The molecule has 1 aliphatic heterocycles. The Morgan fingerprint density at radius 1 is 1.00 bits per heavy atom. The lowest BCUT2D eigenvalue weighted by Gasteiger charge is -2.45. The van der Waals surface area contributed by atoms with Crippen molar-refractivity contribution in [3.8, 4) is 0 Å². The van der Waals surface area contributed by atoms with E-state index in [9.17, 15) is 18.0 Å². The van der Waals surface area contributed by atoms with E-state index in [0.717, 1.165) is 12.1 Å². The highest BCUT2D eigenvalue weighted by Crippen LogP contribution is 2.40. The van der Waals surface area contributed by atoms with E-state index in [1.54, 1.807) is 12.1 Å². The Labute approximate surface area is 145 Å². The number of nitrogens with zero attached hydrogens (tertiary/aromatic N) is 1. The summed E-state index contributed by atoms with van der Waals surface area (Å²) in [5.41, 5.74) is 6.09. The number of rotatable bonds is 2. The molecule has 2 aromatic carbocycles. The Balaban J connectivity index is 1.94. The fourth-order valence-corrected chi connectivity index (χ4v) is 2.95. The minimum Gasteiger partial charge on any atom is -0.318 e. The summed E-state index contributed by atoms with van der Waals surface area (Å²) in [7, 11) is 0. The second-order valence-corrected chi connectivity index (χ2v) is 6.21. The van der Waals surface area contributed by atoms with Gasteiger partial charge in [0, 0.05) is 5.69 Å². The van der Waals surface area contributed by atoms with Crippen molar-refractivity contribution >= 4 is 34.8 Å². The van der Waals surface area contributed by atoms with E-state index in [1.165, 1.54) is 23.1 Å². The standard InChI is InChI=1S/C16H11Cl2F3N2O/c17-11-6-5-10(7-12(11)18)23-14(13(22)15(23)24)8-1-3-9(4-2-8)16(19,20)21/h1-7,13-14H,22H2/t13-,14+/m0/s1. The highest BCUT2D eigenvalue weighted by atomic mass is 35.5. The molecule has 1 aliphatic rings. The lowest BCUT2D eigenvalue weighted by Crippen LogP contribution is -2.63. The molecular weight excluding hydrogens is 364 g/mol. The van der Waals surface area contributed by atoms with Gasteiger partial charge in [-0.15, -0.1) is 0 Å². The minimum absolute atomic E-state index is 0.272. The molecule has 8 heteroatoms. The van der Waals surface area contributed by atoms with E-state index in [-0.39, 0.29) is 10.9 Å². The third kappa shape index (κ3) is 2.85. The molecule has 0 aromatic heterocycles. The van der Waals surface area contributed by atoms with E-state index in [4.69, 9.17) is 28.9 Å². The highest BCUT2D eigenvalue weighted by Gasteiger charge is 2.47. The third-order valence-electron chi connectivity index (χ3n) is 3.90. The van der Waals surface area contributed by atoms with E-state index in [0.29, 0.717) is 16.3 Å². The van der Waals surface area contributed by atoms with E-state index in [2.05, 4.69) is 0 Å². The number of benzene rings is 2. The first-order valence-electron chi connectivity index (χ1n) is 6.91. The van der Waals surface area contributed by atoms with Crippen molar-refractivity contribution in [3.63, 3.8) is 0 Å². The number of halogens is 5. The molecule has 0 spiro atoms. The minimum atomic E-state index is -4.42. The number of hydrogen-bond acceptors (Lipinski definition) is 2. The smallest absolute Gasteiger partial charge is 0.318 e. The van der Waals surface area contributed by atoms with Crippen molar-refractivity contribution in [2.24, 2.45) is 5.73 Å². The molecule has 1 fully saturated rings. The van der Waals surface area contributed by atoms with E-state index in [1.807, 2.05) is 0 Å². The summed E-state index contributed by atoms with van der Waals surface area (Å²) in [5.74, 6) is -0.335. The number of carbonyl (C=O) groups excluding carboxylic acids is 1. The Morgan fingerprint density at radius 3 is 2.17 bits per heavy atom. The van der Waals surface area contributed by atoms with Gasteiger partial charge in [0.2, 0.25) is 5.91 Å². The fourth-order valence-electron chi connectivity index (χ4n) is 2.66. The predicted octanol–water partition coefficient (Wildman–Crippen LogP) is 4.43. The summed E-state index contributed by atoms with van der Waals surface area (Å²) < 4.78 is 38.0. The molecule has 3 nitrogen and oxygen atoms in total. The second-order valence-electron chi connectivity index (χ2n) is 5.40. The van der Waals surface area contributed by atoms with Gasteiger partial charge >= 0.3 is 6.18 Å². The zero-order chi connectivity index (χ0) is 17.6. The first kappa shape index (κ1) is 17.1. The predicted molar refractivity (Wildman–Crippen MR) is 86.1 cm³/mol. The Kier molecular flexibility index (Phi) is 4.23. The van der Waals surface area contributed by atoms with Crippen LogP contribution in [0.3, 0.4) is 0 Å². The van der Waals surface area contributed by atoms with Crippen LogP contribution >= 0.6 is 23.2 Å². The zero-order valence-electron chi connectivity index (χ0n) is 12.0. The maximum atomic E-state index is 12.7. The Hall–Kier alpha value is -1.76. The lowest BCUT2D eigenvalue weighted by atomic mass is 9.88. The summed E-state index contributed by atoms with van der Waals surface area (Å²) in [6.07, 6.45) is -4.42. The maximum Gasteiger partial charge on any atom is 0.416 e. The highest BCUT2D eigenvalue weighted by molar-refractivity contribution is 6.42. The molecule has 0 bridgehead atoms. The molecule has 3 rings (SSSR count). The number of carbonyl (C=O) groups is 1. The lowest BCUT2D eigenvalue weighted by molar-refractivity contribution is -0.137. The zero-order valence-corrected chi connectivity index (χ0v) is 13.5. The average molecular weight is 375 g/mol. The van der Waals surface area contributed by atoms with Crippen molar-refractivity contribution in [1.29, 1.82) is 0 Å². The van der Waals surface area contributed by atoms with Crippen molar-refractivity contribution < 1.29 is 18.0 Å². The van der Waals surface area contributed by atoms with Gasteiger partial charge in [-0.1, -0.05) is 35.3 Å². The Bertz CT molecular complexity index is 793. The van der Waals surface area contributed by atoms with Gasteiger partial charge < -0.3 is 10.6 Å². The number of alkyl halides is 3. The molecule has 2 N–H and O–H groups in total. The summed E-state index contributed by atoms with van der Waals surface area (Å²) >= 11 is 11.8. The van der Waals surface area contributed by atoms with Crippen LogP contribution in [0.4, 0.5) is 18.9 Å². The first-order chi connectivity index (χ1) is 11.2. The molecule has 2 atom stereocenters. The molecule has 1 amide bonds. The maximum absolute atomic E-state index is 12.7. The summed E-state index contributed by atoms with van der Waals surface area (Å²) in [5, 5.41) is 0.609. The van der Waals surface area contributed by atoms with Crippen LogP contribution in [0, 0.1) is 0 Å². The van der Waals surface area contributed by atoms with Gasteiger partial charge in [-0.05, 0) is 35.9 Å². The second kappa shape index (κ2) is 5.95. The topological polar surface area (TPSA) is 46.3 Å². The van der Waals surface area contributed by atoms with Crippen LogP contribution in [-0.4, -0.2) is 11.9 Å². The van der Waals surface area contributed by atoms with Crippen molar-refractivity contribution in [1.82, 2.24) is 0 Å². The largest absolute Gasteiger partial charge is 0.416 e. The summed E-state index contributed by atoms with van der Waals surface area (Å²) in [4.78, 5) is 13.5. The monoisotopic (exact) mass is 374 g/mol. The third-order valence-corrected chi connectivity index (χ3v) is 4.64. The molecular formula is C16H11Cl2F3N2O. The summed E-state index contributed by atoms with van der Waals surface area (Å²) in [6.45, 7) is 0. The first-order valence-corrected chi connectivity index (χ1v) is 7.66. The fraction of sp³-hybridized carbons (Fsp3) is 0.188. The molecule has 0 unspecified atom stereocenters. The van der Waals surface area contributed by atoms with Gasteiger partial charge in [0.25, 0.3) is 0 Å². The number of amides is 1. The van der Waals surface area contributed by atoms with Gasteiger partial charge in [-0.3, -0.25) is 4.79 Å². The molecule has 1 saturated heterocycles. The molecule has 24 heavy (non-hydrogen) atoms. The average Bonchev–Trinajstić information content (AvgIpc) is 2.54. The molecule has 0 saturated carbocycles. The van der Waals surface area contributed by atoms with Crippen LogP contribution in [0.5, 0.6) is 0 Å². The summed E-state index contributed by atoms with van der Waals surface area (Å²) in [6, 6.07) is 7.87. The van der Waals surface area contributed by atoms with Gasteiger partial charge in [0.1, 0.15) is 6.04 Å². The normalized spacial score (nSPS) is 20.9. The number of anilines is 1. The molecule has 2 aromatic rings. The van der Waals surface area contributed by atoms with Crippen LogP contribution < -0.4 is 10.6 Å². The van der Waals surface area contributed by atoms with Crippen LogP contribution in [0.1, 0.15) is 17.2 Å². The number of β-lactam (4-membered cyclic amide) rings is 1. The van der Waals surface area contributed by atoms with Crippen molar-refractivity contribution in [3.05, 3.63) is 63.6 Å². The Morgan fingerprint density at radius 2 is 1.62 bits per heavy atom. The van der Waals surface area contributed by atoms with E-state index >= 15 is 0 Å². The van der Waals surface area contributed by atoms with Crippen molar-refractivity contribution in [2.75, 3.05) is 4.90 Å². The number of nitrogens with two attached hydrogens (primary N) is 1. The van der Waals surface area contributed by atoms with Crippen LogP contribution in [0.25, 0.3) is 0 Å². The van der Waals surface area contributed by atoms with Gasteiger partial charge in [0.05, 0.1) is 21.7 Å². The van der Waals surface area contributed by atoms with Gasteiger partial charge in [0.15, 0.2) is 0 Å². The van der Waals surface area contributed by atoms with Crippen LogP contribution in [0.2, 0.25) is 10.0 Å². The van der Waals surface area contributed by atoms with Crippen LogP contribution in [-0.2, 0) is 11.0 Å². The van der Waals surface area contributed by atoms with Gasteiger partial charge in [-0.25, -0.2) is 0 Å². The number of hydrogen-bond donors (Lipinski definition) is 1. The quantitative estimate of drug-likeness (QED) is 0.790. The molecule has 0 radical (unpaired) electrons.